The molecule has 6 aromatic carbocycles. The Labute approximate surface area is 387 Å². The smallest absolute Gasteiger partial charge is 0.312 e. The van der Waals surface area contributed by atoms with Gasteiger partial charge in [-0.25, -0.2) is 16.8 Å². The minimum atomic E-state index is -4.03. The van der Waals surface area contributed by atoms with E-state index in [0.29, 0.717) is 22.6 Å². The van der Waals surface area contributed by atoms with Gasteiger partial charge >= 0.3 is 11.9 Å². The van der Waals surface area contributed by atoms with Gasteiger partial charge in [-0.3, -0.25) is 19.6 Å². The van der Waals surface area contributed by atoms with Crippen molar-refractivity contribution in [3.05, 3.63) is 203 Å². The Morgan fingerprint density at radius 2 is 0.773 bits per heavy atom. The van der Waals surface area contributed by atoms with Gasteiger partial charge in [-0.15, -0.1) is 0 Å². The molecule has 340 valence electrons. The van der Waals surface area contributed by atoms with Crippen molar-refractivity contribution < 1.29 is 35.9 Å². The first kappa shape index (κ1) is 47.4. The van der Waals surface area contributed by atoms with Crippen LogP contribution >= 0.6 is 0 Å². The molecule has 0 aliphatic carbocycles. The number of nitrogens with zero attached hydrogens (tertiary/aromatic N) is 4. The highest BCUT2D eigenvalue weighted by Gasteiger charge is 2.57. The van der Waals surface area contributed by atoms with Crippen molar-refractivity contribution in [3.63, 3.8) is 0 Å². The lowest BCUT2D eigenvalue weighted by molar-refractivity contribution is -0.150. The van der Waals surface area contributed by atoms with E-state index in [0.717, 1.165) is 22.3 Å². The molecule has 2 aliphatic rings. The maximum absolute atomic E-state index is 14.0. The van der Waals surface area contributed by atoms with E-state index in [2.05, 4.69) is 0 Å². The molecular formula is C52H52N4O8S2. The molecule has 0 radical (unpaired) electrons. The number of aliphatic imine (C=N–C) groups is 2. The van der Waals surface area contributed by atoms with E-state index < -0.39 is 55.1 Å². The number of sulfonamides is 2. The largest absolute Gasteiger partial charge is 0.469 e. The van der Waals surface area contributed by atoms with E-state index in [9.17, 15) is 26.4 Å². The van der Waals surface area contributed by atoms with Crippen molar-refractivity contribution in [2.45, 2.75) is 48.8 Å². The summed E-state index contributed by atoms with van der Waals surface area (Å²) in [6.45, 7) is 7.17. The van der Waals surface area contributed by atoms with Crippen LogP contribution in [0.4, 0.5) is 0 Å². The van der Waals surface area contributed by atoms with Crippen LogP contribution in [0.2, 0.25) is 0 Å². The summed E-state index contributed by atoms with van der Waals surface area (Å²) < 4.78 is 68.9. The molecular weight excluding hydrogens is 873 g/mol. The monoisotopic (exact) mass is 924 g/mol. The maximum atomic E-state index is 14.0. The molecule has 0 amide bonds. The summed E-state index contributed by atoms with van der Waals surface area (Å²) in [6.07, 6.45) is 0. The SMILES string of the molecule is COC(=O)[C@H](C)[C@@]1(c2ccccc2)N=C(c2ccccc2)CN1S(=O)(=O)c1ccc(C)cc1.COC(=O)[C@H](C)[C@@]1(c2ccccc2)N=C(c2ccccc2)CN1S(=O)(=O)c1ccc(C)cc1. The Bertz CT molecular complexity index is 2750. The highest BCUT2D eigenvalue weighted by atomic mass is 32.2. The van der Waals surface area contributed by atoms with Crippen molar-refractivity contribution in [2.24, 2.45) is 21.8 Å². The fourth-order valence-corrected chi connectivity index (χ4v) is 11.9. The second kappa shape index (κ2) is 19.5. The summed E-state index contributed by atoms with van der Waals surface area (Å²) in [6, 6.07) is 50.4. The average molecular weight is 925 g/mol. The molecule has 0 fully saturated rings. The number of hydrogen-bond acceptors (Lipinski definition) is 10. The molecule has 12 nitrogen and oxygen atoms in total. The number of hydrogen-bond donors (Lipinski definition) is 0. The van der Waals surface area contributed by atoms with Gasteiger partial charge in [0, 0.05) is 0 Å². The summed E-state index contributed by atoms with van der Waals surface area (Å²) >= 11 is 0. The van der Waals surface area contributed by atoms with Crippen molar-refractivity contribution in [1.29, 1.82) is 0 Å². The van der Waals surface area contributed by atoms with Crippen molar-refractivity contribution in [2.75, 3.05) is 27.3 Å². The Morgan fingerprint density at radius 1 is 0.485 bits per heavy atom. The van der Waals surface area contributed by atoms with Gasteiger partial charge in [0.05, 0.1) is 60.4 Å². The first-order chi connectivity index (χ1) is 31.6. The van der Waals surface area contributed by atoms with Crippen molar-refractivity contribution >= 4 is 43.4 Å². The molecule has 2 aliphatic heterocycles. The van der Waals surface area contributed by atoms with E-state index in [-0.39, 0.29) is 22.9 Å². The normalized spacial score (nSPS) is 19.7. The standard InChI is InChI=1S/2C26H26N2O4S/c2*1-19-14-16-23(17-15-19)33(30,31)28-18-24(21-10-6-4-7-11-21)27-26(28,20(2)25(29)32-3)22-12-8-5-9-13-22/h2*4-17,20H,18H2,1-3H3/t2*20-,26+/m00/s1. The van der Waals surface area contributed by atoms with Gasteiger partial charge in [0.1, 0.15) is 0 Å². The summed E-state index contributed by atoms with van der Waals surface area (Å²) in [7, 11) is -5.46. The third-order valence-electron chi connectivity index (χ3n) is 12.1. The number of carbonyl (C=O) groups is 2. The third kappa shape index (κ3) is 8.89. The molecule has 0 bridgehead atoms. The fourth-order valence-electron chi connectivity index (χ4n) is 8.48. The van der Waals surface area contributed by atoms with Gasteiger partial charge in [0.25, 0.3) is 0 Å². The van der Waals surface area contributed by atoms with Crippen LogP contribution in [0.5, 0.6) is 0 Å². The van der Waals surface area contributed by atoms with Gasteiger partial charge in [-0.1, -0.05) is 157 Å². The highest BCUT2D eigenvalue weighted by Crippen LogP contribution is 2.47. The summed E-state index contributed by atoms with van der Waals surface area (Å²) in [4.78, 5) is 36.0. The summed E-state index contributed by atoms with van der Waals surface area (Å²) in [5.41, 5.74) is 2.90. The van der Waals surface area contributed by atoms with E-state index in [1.165, 1.54) is 22.8 Å². The molecule has 8 rings (SSSR count). The number of ether oxygens (including phenoxy) is 2. The second-order valence-electron chi connectivity index (χ2n) is 16.2. The van der Waals surface area contributed by atoms with E-state index in [4.69, 9.17) is 19.5 Å². The second-order valence-corrected chi connectivity index (χ2v) is 19.9. The number of esters is 2. The number of rotatable bonds is 12. The lowest BCUT2D eigenvalue weighted by Crippen LogP contribution is -2.51. The summed E-state index contributed by atoms with van der Waals surface area (Å²) in [5.74, 6) is -2.88. The van der Waals surface area contributed by atoms with Crippen LogP contribution in [0.25, 0.3) is 0 Å². The first-order valence-electron chi connectivity index (χ1n) is 21.3. The van der Waals surface area contributed by atoms with Gasteiger partial charge in [-0.2, -0.15) is 8.61 Å². The first-order valence-corrected chi connectivity index (χ1v) is 24.2. The molecule has 0 unspecified atom stereocenters. The molecule has 0 saturated heterocycles. The van der Waals surface area contributed by atoms with Crippen LogP contribution in [-0.4, -0.2) is 76.1 Å². The Morgan fingerprint density at radius 3 is 1.06 bits per heavy atom. The molecule has 0 spiro atoms. The van der Waals surface area contributed by atoms with Crippen LogP contribution in [-0.2, 0) is 50.4 Å². The average Bonchev–Trinajstić information content (AvgIpc) is 3.98. The Balaban J connectivity index is 0.000000196. The molecule has 0 N–H and O–H groups in total. The summed E-state index contributed by atoms with van der Waals surface area (Å²) in [5, 5.41) is 0. The Hall–Kier alpha value is -6.58. The molecule has 14 heteroatoms. The van der Waals surface area contributed by atoms with Crippen LogP contribution in [0, 0.1) is 25.7 Å². The predicted octanol–water partition coefficient (Wildman–Crippen LogP) is 8.30. The molecule has 0 saturated carbocycles. The minimum Gasteiger partial charge on any atom is -0.469 e. The quantitative estimate of drug-likeness (QED) is 0.111. The van der Waals surface area contributed by atoms with Crippen LogP contribution < -0.4 is 0 Å². The molecule has 66 heavy (non-hydrogen) atoms. The maximum Gasteiger partial charge on any atom is 0.312 e. The lowest BCUT2D eigenvalue weighted by atomic mass is 9.87. The van der Waals surface area contributed by atoms with Gasteiger partial charge < -0.3 is 9.47 Å². The highest BCUT2D eigenvalue weighted by molar-refractivity contribution is 7.89. The topological polar surface area (TPSA) is 152 Å². The molecule has 0 aromatic heterocycles. The lowest BCUT2D eigenvalue weighted by Gasteiger charge is -2.39. The number of carbonyl (C=O) groups excluding carboxylic acids is 2. The van der Waals surface area contributed by atoms with Crippen molar-refractivity contribution in [1.82, 2.24) is 8.61 Å². The zero-order chi connectivity index (χ0) is 47.3. The third-order valence-corrected chi connectivity index (χ3v) is 15.8. The van der Waals surface area contributed by atoms with Crippen LogP contribution in [0.15, 0.2) is 190 Å². The van der Waals surface area contributed by atoms with Gasteiger partial charge in [0.15, 0.2) is 11.3 Å². The minimum absolute atomic E-state index is 0.0243. The zero-order valence-electron chi connectivity index (χ0n) is 37.6. The van der Waals surface area contributed by atoms with Gasteiger partial charge in [0.2, 0.25) is 20.0 Å². The zero-order valence-corrected chi connectivity index (χ0v) is 39.2. The van der Waals surface area contributed by atoms with Crippen molar-refractivity contribution in [3.8, 4) is 0 Å². The van der Waals surface area contributed by atoms with E-state index in [1.54, 1.807) is 86.6 Å². The van der Waals surface area contributed by atoms with Crippen LogP contribution in [0.3, 0.4) is 0 Å². The number of aryl methyl sites for hydroxylation is 2. The van der Waals surface area contributed by atoms with E-state index in [1.807, 2.05) is 111 Å². The van der Waals surface area contributed by atoms with Gasteiger partial charge in [-0.05, 0) is 74.2 Å². The molecule has 2 heterocycles. The molecule has 6 aromatic rings. The number of methoxy groups -OCH3 is 2. The number of benzene rings is 6. The van der Waals surface area contributed by atoms with Crippen LogP contribution in [0.1, 0.15) is 47.2 Å². The predicted molar refractivity (Wildman–Crippen MR) is 255 cm³/mol. The fraction of sp³-hybridized carbons (Fsp3) is 0.231. The van der Waals surface area contributed by atoms with E-state index >= 15 is 0 Å². The Kier molecular flexibility index (Phi) is 14.0. The molecule has 4 atom stereocenters.